The molecule has 148 valence electrons. The molecule has 3 aliphatic rings. The van der Waals surface area contributed by atoms with Crippen LogP contribution in [-0.4, -0.2) is 70.2 Å². The lowest BCUT2D eigenvalue weighted by Gasteiger charge is -2.35. The minimum Gasteiger partial charge on any atom is -0.335 e. The molecule has 0 unspecified atom stereocenters. The quantitative estimate of drug-likeness (QED) is 0.745. The number of hydrogen-bond acceptors (Lipinski definition) is 5. The Hall–Kier alpha value is -2.40. The molecule has 0 spiro atoms. The number of carbonyl (C=O) groups excluding carboxylic acids is 3. The first-order chi connectivity index (χ1) is 13.5. The van der Waals surface area contributed by atoms with E-state index in [9.17, 15) is 19.6 Å². The van der Waals surface area contributed by atoms with Gasteiger partial charge < -0.3 is 14.7 Å². The second-order valence-electron chi connectivity index (χ2n) is 7.92. The van der Waals surface area contributed by atoms with Gasteiger partial charge in [0.25, 0.3) is 0 Å². The van der Waals surface area contributed by atoms with Crippen LogP contribution >= 0.6 is 11.3 Å². The molecule has 28 heavy (non-hydrogen) atoms. The topological polar surface area (TPSA) is 84.7 Å². The average Bonchev–Trinajstić information content (AvgIpc) is 3.46. The largest absolute Gasteiger partial charge is 0.335 e. The number of nitrogens with zero attached hydrogens (tertiary/aromatic N) is 4. The number of nitriles is 1. The van der Waals surface area contributed by atoms with E-state index in [2.05, 4.69) is 6.07 Å². The van der Waals surface area contributed by atoms with Gasteiger partial charge in [0.1, 0.15) is 12.1 Å². The molecule has 0 N–H and O–H groups in total. The smallest absolute Gasteiger partial charge is 0.245 e. The van der Waals surface area contributed by atoms with Crippen molar-refractivity contribution in [3.8, 4) is 6.07 Å². The molecule has 3 aliphatic heterocycles. The van der Waals surface area contributed by atoms with Gasteiger partial charge in [-0.3, -0.25) is 14.4 Å². The Kier molecular flexibility index (Phi) is 5.11. The lowest BCUT2D eigenvalue weighted by atomic mass is 10.1. The Morgan fingerprint density at radius 3 is 2.89 bits per heavy atom. The summed E-state index contributed by atoms with van der Waals surface area (Å²) in [6, 6.07) is 5.31. The zero-order chi connectivity index (χ0) is 19.8. The highest BCUT2D eigenvalue weighted by Crippen LogP contribution is 2.33. The molecule has 3 amide bonds. The van der Waals surface area contributed by atoms with Crippen molar-refractivity contribution in [2.75, 3.05) is 19.6 Å². The normalized spacial score (nSPS) is 27.4. The van der Waals surface area contributed by atoms with Crippen molar-refractivity contribution >= 4 is 29.1 Å². The van der Waals surface area contributed by atoms with Gasteiger partial charge >= 0.3 is 0 Å². The van der Waals surface area contributed by atoms with Crippen LogP contribution in [-0.2, 0) is 20.8 Å². The van der Waals surface area contributed by atoms with Gasteiger partial charge in [-0.1, -0.05) is 13.0 Å². The van der Waals surface area contributed by atoms with Crippen LogP contribution in [0, 0.1) is 17.2 Å². The third kappa shape index (κ3) is 3.28. The van der Waals surface area contributed by atoms with E-state index in [0.29, 0.717) is 32.5 Å². The molecule has 8 heteroatoms. The summed E-state index contributed by atoms with van der Waals surface area (Å²) in [7, 11) is 0. The van der Waals surface area contributed by atoms with Crippen molar-refractivity contribution < 1.29 is 14.4 Å². The van der Waals surface area contributed by atoms with E-state index in [1.165, 1.54) is 0 Å². The summed E-state index contributed by atoms with van der Waals surface area (Å²) in [5.41, 5.74) is 0. The minimum absolute atomic E-state index is 0.000929. The van der Waals surface area contributed by atoms with Gasteiger partial charge in [0, 0.05) is 24.5 Å². The van der Waals surface area contributed by atoms with Crippen LogP contribution in [0.15, 0.2) is 17.5 Å². The lowest BCUT2D eigenvalue weighted by Crippen LogP contribution is -2.54. The maximum absolute atomic E-state index is 12.8. The number of fused-ring (bicyclic) bond motifs is 2. The Morgan fingerprint density at radius 1 is 1.39 bits per heavy atom. The Bertz CT molecular complexity index is 818. The number of thiophene rings is 1. The summed E-state index contributed by atoms with van der Waals surface area (Å²) in [4.78, 5) is 44.3. The van der Waals surface area contributed by atoms with Crippen LogP contribution in [0.25, 0.3) is 0 Å². The van der Waals surface area contributed by atoms with Gasteiger partial charge in [0.05, 0.1) is 24.4 Å². The van der Waals surface area contributed by atoms with E-state index in [-0.39, 0.29) is 35.7 Å². The molecule has 1 aromatic heterocycles. The predicted octanol–water partition coefficient (Wildman–Crippen LogP) is 1.25. The van der Waals surface area contributed by atoms with Crippen LogP contribution in [0.3, 0.4) is 0 Å². The summed E-state index contributed by atoms with van der Waals surface area (Å²) in [5, 5.41) is 11.2. The highest BCUT2D eigenvalue weighted by Gasteiger charge is 2.51. The number of rotatable bonds is 5. The third-order valence-corrected chi connectivity index (χ3v) is 6.97. The van der Waals surface area contributed by atoms with E-state index >= 15 is 0 Å². The molecule has 7 nitrogen and oxygen atoms in total. The molecule has 0 aromatic carbocycles. The summed E-state index contributed by atoms with van der Waals surface area (Å²) >= 11 is 1.55. The van der Waals surface area contributed by atoms with Gasteiger partial charge in [-0.15, -0.1) is 11.3 Å². The van der Waals surface area contributed by atoms with E-state index in [0.717, 1.165) is 17.7 Å². The van der Waals surface area contributed by atoms with Crippen molar-refractivity contribution in [2.45, 2.75) is 50.7 Å². The molecule has 0 saturated carbocycles. The maximum atomic E-state index is 12.8. The van der Waals surface area contributed by atoms with Crippen molar-refractivity contribution in [3.63, 3.8) is 0 Å². The average molecular weight is 401 g/mol. The Balaban J connectivity index is 1.36. The molecule has 0 aliphatic carbocycles. The molecule has 2 bridgehead atoms. The van der Waals surface area contributed by atoms with Crippen LogP contribution in [0.4, 0.5) is 0 Å². The fourth-order valence-electron chi connectivity index (χ4n) is 4.64. The van der Waals surface area contributed by atoms with Crippen LogP contribution < -0.4 is 0 Å². The van der Waals surface area contributed by atoms with Gasteiger partial charge in [-0.25, -0.2) is 0 Å². The Morgan fingerprint density at radius 2 is 2.21 bits per heavy atom. The zero-order valence-corrected chi connectivity index (χ0v) is 16.7. The van der Waals surface area contributed by atoms with E-state index in [1.54, 1.807) is 26.0 Å². The SMILES string of the molecule is C[C@@H](CN1C(=O)[C@H]2C[C@@H]1CN2C(=O)Cc1cccs1)C(=O)N1CCC[C@H]1C#N. The number of likely N-dealkylation sites (tertiary alicyclic amines) is 3. The van der Waals surface area contributed by atoms with Gasteiger partial charge in [-0.05, 0) is 30.7 Å². The molecule has 0 radical (unpaired) electrons. The van der Waals surface area contributed by atoms with Crippen molar-refractivity contribution in [2.24, 2.45) is 5.92 Å². The molecule has 1 aromatic rings. The molecule has 3 fully saturated rings. The van der Waals surface area contributed by atoms with Gasteiger partial charge in [-0.2, -0.15) is 5.26 Å². The van der Waals surface area contributed by atoms with E-state index in [4.69, 9.17) is 0 Å². The second-order valence-corrected chi connectivity index (χ2v) is 8.95. The highest BCUT2D eigenvalue weighted by molar-refractivity contribution is 7.10. The number of carbonyl (C=O) groups is 3. The first-order valence-electron chi connectivity index (χ1n) is 9.82. The highest BCUT2D eigenvalue weighted by atomic mass is 32.1. The number of piperazine rings is 1. The predicted molar refractivity (Wildman–Crippen MR) is 103 cm³/mol. The molecular weight excluding hydrogens is 376 g/mol. The van der Waals surface area contributed by atoms with Crippen LogP contribution in [0.1, 0.15) is 31.1 Å². The fourth-order valence-corrected chi connectivity index (χ4v) is 5.34. The summed E-state index contributed by atoms with van der Waals surface area (Å²) in [6.45, 7) is 3.35. The summed E-state index contributed by atoms with van der Waals surface area (Å²) in [6.07, 6.45) is 2.57. The maximum Gasteiger partial charge on any atom is 0.245 e. The first kappa shape index (κ1) is 18.9. The van der Waals surface area contributed by atoms with Gasteiger partial charge in [0.2, 0.25) is 17.7 Å². The Labute approximate surface area is 168 Å². The van der Waals surface area contributed by atoms with Gasteiger partial charge in [0.15, 0.2) is 0 Å². The molecule has 3 saturated heterocycles. The second kappa shape index (κ2) is 7.55. The first-order valence-corrected chi connectivity index (χ1v) is 10.7. The van der Waals surface area contributed by atoms with Crippen LogP contribution in [0.2, 0.25) is 0 Å². The third-order valence-electron chi connectivity index (χ3n) is 6.09. The fraction of sp³-hybridized carbons (Fsp3) is 0.600. The molecule has 4 rings (SSSR count). The monoisotopic (exact) mass is 400 g/mol. The van der Waals surface area contributed by atoms with Crippen molar-refractivity contribution in [3.05, 3.63) is 22.4 Å². The number of amides is 3. The molecule has 4 atom stereocenters. The standard InChI is InChI=1S/C20H24N4O3S/c1-13(19(26)22-6-2-4-14(22)10-21)11-23-15-8-17(20(23)27)24(12-15)18(25)9-16-5-3-7-28-16/h3,5,7,13-15,17H,2,4,6,8-9,11-12H2,1H3/t13-,14-,15+,17+/m0/s1. The van der Waals surface area contributed by atoms with Crippen molar-refractivity contribution in [1.82, 2.24) is 14.7 Å². The van der Waals surface area contributed by atoms with Crippen LogP contribution in [0.5, 0.6) is 0 Å². The lowest BCUT2D eigenvalue weighted by molar-refractivity contribution is -0.147. The van der Waals surface area contributed by atoms with Crippen molar-refractivity contribution in [1.29, 1.82) is 5.26 Å². The molecular formula is C20H24N4O3S. The van der Waals surface area contributed by atoms with E-state index < -0.39 is 6.04 Å². The summed E-state index contributed by atoms with van der Waals surface area (Å²) in [5.74, 6) is -0.438. The van der Waals surface area contributed by atoms with E-state index in [1.807, 2.05) is 24.4 Å². The minimum atomic E-state index is -0.390. The summed E-state index contributed by atoms with van der Waals surface area (Å²) < 4.78 is 0. The number of hydrogen-bond donors (Lipinski definition) is 0. The molecule has 4 heterocycles. The zero-order valence-electron chi connectivity index (χ0n) is 15.9.